The summed E-state index contributed by atoms with van der Waals surface area (Å²) in [5.41, 5.74) is 0. The van der Waals surface area contributed by atoms with Gasteiger partial charge in [0.15, 0.2) is 5.76 Å². The maximum absolute atomic E-state index is 12.9. The maximum Gasteiger partial charge on any atom is 0.287 e. The van der Waals surface area contributed by atoms with Crippen LogP contribution in [0.2, 0.25) is 0 Å². The van der Waals surface area contributed by atoms with Crippen molar-refractivity contribution in [2.24, 2.45) is 0 Å². The second-order valence-electron chi connectivity index (χ2n) is 6.69. The van der Waals surface area contributed by atoms with E-state index in [9.17, 15) is 9.18 Å². The Kier molecular flexibility index (Phi) is 7.21. The van der Waals surface area contributed by atoms with E-state index in [4.69, 9.17) is 9.15 Å². The highest BCUT2D eigenvalue weighted by atomic mass is 19.1. The van der Waals surface area contributed by atoms with Crippen molar-refractivity contribution < 1.29 is 18.3 Å². The number of hydrogen-bond acceptors (Lipinski definition) is 4. The molecule has 0 aliphatic heterocycles. The molecule has 0 aliphatic rings. The number of furan rings is 1. The van der Waals surface area contributed by atoms with Gasteiger partial charge in [-0.15, -0.1) is 0 Å². The van der Waals surface area contributed by atoms with E-state index in [1.807, 2.05) is 0 Å². The Morgan fingerprint density at radius 1 is 1.12 bits per heavy atom. The fourth-order valence-electron chi connectivity index (χ4n) is 2.76. The molecule has 0 bridgehead atoms. The Hall–Kier alpha value is -2.34. The lowest BCUT2D eigenvalue weighted by Gasteiger charge is -2.30. The van der Waals surface area contributed by atoms with Crippen LogP contribution in [0.4, 0.5) is 4.39 Å². The summed E-state index contributed by atoms with van der Waals surface area (Å²) in [6.45, 7) is 10.1. The summed E-state index contributed by atoms with van der Waals surface area (Å²) in [4.78, 5) is 14.5. The zero-order valence-electron chi connectivity index (χ0n) is 15.8. The van der Waals surface area contributed by atoms with Crippen LogP contribution in [0, 0.1) is 5.82 Å². The molecule has 26 heavy (non-hydrogen) atoms. The molecule has 0 unspecified atom stereocenters. The van der Waals surface area contributed by atoms with Crippen molar-refractivity contribution in [3.8, 4) is 5.75 Å². The predicted molar refractivity (Wildman–Crippen MR) is 98.8 cm³/mol. The van der Waals surface area contributed by atoms with Crippen LogP contribution in [0.3, 0.4) is 0 Å². The van der Waals surface area contributed by atoms with E-state index in [0.717, 1.165) is 6.54 Å². The quantitative estimate of drug-likeness (QED) is 0.736. The van der Waals surface area contributed by atoms with Crippen LogP contribution in [0.1, 0.15) is 44.0 Å². The maximum atomic E-state index is 12.9. The smallest absolute Gasteiger partial charge is 0.287 e. The molecule has 0 saturated heterocycles. The molecular formula is C20H27FN2O3. The van der Waals surface area contributed by atoms with Crippen LogP contribution in [-0.4, -0.2) is 36.0 Å². The summed E-state index contributed by atoms with van der Waals surface area (Å²) >= 11 is 0. The summed E-state index contributed by atoms with van der Waals surface area (Å²) in [7, 11) is 0. The van der Waals surface area contributed by atoms with Gasteiger partial charge >= 0.3 is 0 Å². The fraction of sp³-hybridized carbons (Fsp3) is 0.450. The minimum absolute atomic E-state index is 0.174. The number of ether oxygens (including phenoxy) is 1. The molecule has 2 rings (SSSR count). The second-order valence-corrected chi connectivity index (χ2v) is 6.69. The first-order valence-electron chi connectivity index (χ1n) is 8.88. The van der Waals surface area contributed by atoms with E-state index < -0.39 is 0 Å². The molecule has 1 amide bonds. The molecule has 0 atom stereocenters. The number of carbonyl (C=O) groups is 1. The molecule has 1 heterocycles. The van der Waals surface area contributed by atoms with Crippen LogP contribution in [0.15, 0.2) is 40.8 Å². The van der Waals surface area contributed by atoms with Crippen molar-refractivity contribution in [3.63, 3.8) is 0 Å². The summed E-state index contributed by atoms with van der Waals surface area (Å²) in [5, 5.41) is 2.88. The lowest BCUT2D eigenvalue weighted by molar-refractivity contribution is 0.0908. The van der Waals surface area contributed by atoms with Gasteiger partial charge in [0.1, 0.15) is 23.9 Å². The molecule has 1 N–H and O–H groups in total. The minimum atomic E-state index is -0.317. The van der Waals surface area contributed by atoms with E-state index >= 15 is 0 Å². The Balaban J connectivity index is 1.80. The van der Waals surface area contributed by atoms with Gasteiger partial charge in [-0.2, -0.15) is 0 Å². The SMILES string of the molecule is CC(C)N(CCNC(=O)c1ccc(COc2ccc(F)cc2)o1)C(C)C. The van der Waals surface area contributed by atoms with E-state index in [1.54, 1.807) is 24.3 Å². The molecular weight excluding hydrogens is 335 g/mol. The van der Waals surface area contributed by atoms with E-state index in [0.29, 0.717) is 30.1 Å². The lowest BCUT2D eigenvalue weighted by atomic mass is 10.2. The Labute approximate surface area is 154 Å². The highest BCUT2D eigenvalue weighted by molar-refractivity contribution is 5.91. The number of benzene rings is 1. The van der Waals surface area contributed by atoms with Gasteiger partial charge in [-0.25, -0.2) is 4.39 Å². The Morgan fingerprint density at radius 2 is 1.77 bits per heavy atom. The summed E-state index contributed by atoms with van der Waals surface area (Å²) < 4.78 is 23.9. The van der Waals surface area contributed by atoms with Crippen molar-refractivity contribution in [3.05, 3.63) is 53.7 Å². The summed E-state index contributed by atoms with van der Waals surface area (Å²) in [6.07, 6.45) is 0. The van der Waals surface area contributed by atoms with Crippen molar-refractivity contribution in [2.75, 3.05) is 13.1 Å². The van der Waals surface area contributed by atoms with Crippen molar-refractivity contribution in [1.82, 2.24) is 10.2 Å². The number of amides is 1. The molecule has 142 valence electrons. The third kappa shape index (κ3) is 5.88. The van der Waals surface area contributed by atoms with Gasteiger partial charge in [-0.1, -0.05) is 0 Å². The van der Waals surface area contributed by atoms with Crippen LogP contribution >= 0.6 is 0 Å². The van der Waals surface area contributed by atoms with Crippen LogP contribution in [-0.2, 0) is 6.61 Å². The molecule has 0 saturated carbocycles. The Morgan fingerprint density at radius 3 is 2.38 bits per heavy atom. The minimum Gasteiger partial charge on any atom is -0.486 e. The monoisotopic (exact) mass is 362 g/mol. The molecule has 0 aliphatic carbocycles. The summed E-state index contributed by atoms with van der Waals surface area (Å²) in [6, 6.07) is 9.91. The lowest BCUT2D eigenvalue weighted by Crippen LogP contribution is -2.42. The molecule has 0 fully saturated rings. The van der Waals surface area contributed by atoms with Crippen molar-refractivity contribution >= 4 is 5.91 Å². The first-order chi connectivity index (χ1) is 12.4. The van der Waals surface area contributed by atoms with Gasteiger partial charge < -0.3 is 14.5 Å². The Bertz CT molecular complexity index is 687. The molecule has 2 aromatic rings. The van der Waals surface area contributed by atoms with E-state index in [2.05, 4.69) is 37.9 Å². The largest absolute Gasteiger partial charge is 0.486 e. The molecule has 1 aromatic carbocycles. The number of nitrogens with zero attached hydrogens (tertiary/aromatic N) is 1. The highest BCUT2D eigenvalue weighted by Crippen LogP contribution is 2.15. The molecule has 5 nitrogen and oxygen atoms in total. The van der Waals surface area contributed by atoms with Gasteiger partial charge in [0, 0.05) is 25.2 Å². The first kappa shape index (κ1) is 20.0. The van der Waals surface area contributed by atoms with Crippen LogP contribution in [0.5, 0.6) is 5.75 Å². The molecule has 0 spiro atoms. The number of nitrogens with one attached hydrogen (secondary N) is 1. The fourth-order valence-corrected chi connectivity index (χ4v) is 2.76. The molecule has 1 aromatic heterocycles. The van der Waals surface area contributed by atoms with Crippen LogP contribution in [0.25, 0.3) is 0 Å². The zero-order valence-corrected chi connectivity index (χ0v) is 15.8. The first-order valence-corrected chi connectivity index (χ1v) is 8.88. The van der Waals surface area contributed by atoms with Gasteiger partial charge in [0.05, 0.1) is 0 Å². The van der Waals surface area contributed by atoms with Gasteiger partial charge in [0.25, 0.3) is 5.91 Å². The number of halogens is 1. The van der Waals surface area contributed by atoms with Gasteiger partial charge in [-0.3, -0.25) is 9.69 Å². The highest BCUT2D eigenvalue weighted by Gasteiger charge is 2.15. The third-order valence-electron chi connectivity index (χ3n) is 4.06. The van der Waals surface area contributed by atoms with Gasteiger partial charge in [0.2, 0.25) is 0 Å². The van der Waals surface area contributed by atoms with E-state index in [1.165, 1.54) is 12.1 Å². The van der Waals surface area contributed by atoms with Crippen molar-refractivity contribution in [1.29, 1.82) is 0 Å². The normalized spacial score (nSPS) is 11.4. The van der Waals surface area contributed by atoms with Crippen molar-refractivity contribution in [2.45, 2.75) is 46.4 Å². The van der Waals surface area contributed by atoms with Gasteiger partial charge in [-0.05, 0) is 64.1 Å². The number of rotatable bonds is 9. The number of hydrogen-bond donors (Lipinski definition) is 1. The average Bonchev–Trinajstić information content (AvgIpc) is 3.06. The predicted octanol–water partition coefficient (Wildman–Crippen LogP) is 3.85. The van der Waals surface area contributed by atoms with Crippen LogP contribution < -0.4 is 10.1 Å². The van der Waals surface area contributed by atoms with E-state index in [-0.39, 0.29) is 24.1 Å². The second kappa shape index (κ2) is 9.38. The standard InChI is InChI=1S/C20H27FN2O3/c1-14(2)23(15(3)4)12-11-22-20(24)19-10-9-18(26-19)13-25-17-7-5-16(21)6-8-17/h5-10,14-15H,11-13H2,1-4H3,(H,22,24). The topological polar surface area (TPSA) is 54.7 Å². The zero-order chi connectivity index (χ0) is 19.1. The molecule has 6 heteroatoms. The molecule has 0 radical (unpaired) electrons. The number of carbonyl (C=O) groups excluding carboxylic acids is 1. The third-order valence-corrected chi connectivity index (χ3v) is 4.06. The summed E-state index contributed by atoms with van der Waals surface area (Å²) in [5.74, 6) is 0.762. The average molecular weight is 362 g/mol.